The minimum absolute atomic E-state index is 0.0414. The molecule has 0 unspecified atom stereocenters. The van der Waals surface area contributed by atoms with Crippen molar-refractivity contribution in [3.05, 3.63) is 0 Å². The van der Waals surface area contributed by atoms with Gasteiger partial charge in [0.2, 0.25) is 9.05 Å². The molecule has 4 nitrogen and oxygen atoms in total. The number of hydrogen-bond donors (Lipinski definition) is 0. The van der Waals surface area contributed by atoms with Gasteiger partial charge in [-0.15, -0.1) is 0 Å². The summed E-state index contributed by atoms with van der Waals surface area (Å²) in [6.07, 6.45) is 0.575. The minimum Gasteiger partial charge on any atom is -0.380 e. The lowest BCUT2D eigenvalue weighted by Gasteiger charge is -2.19. The van der Waals surface area contributed by atoms with Gasteiger partial charge in [0.15, 0.2) is 0 Å². The minimum atomic E-state index is -3.34. The van der Waals surface area contributed by atoms with E-state index in [0.29, 0.717) is 19.6 Å². The fourth-order valence-electron chi connectivity index (χ4n) is 1.23. The molecule has 0 aromatic carbocycles. The topological polar surface area (TPSA) is 46.6 Å². The van der Waals surface area contributed by atoms with Crippen molar-refractivity contribution in [2.45, 2.75) is 20.3 Å². The van der Waals surface area contributed by atoms with Gasteiger partial charge in [0.1, 0.15) is 0 Å². The summed E-state index contributed by atoms with van der Waals surface area (Å²) in [4.78, 5) is 2.15. The lowest BCUT2D eigenvalue weighted by atomic mass is 10.4. The summed E-state index contributed by atoms with van der Waals surface area (Å²) in [6, 6.07) is 0. The number of nitrogens with zero attached hydrogens (tertiary/aromatic N) is 1. The summed E-state index contributed by atoms with van der Waals surface area (Å²) >= 11 is 0. The molecule has 92 valence electrons. The van der Waals surface area contributed by atoms with Crippen LogP contribution in [0, 0.1) is 0 Å². The molecule has 0 aliphatic heterocycles. The Kier molecular flexibility index (Phi) is 8.42. The summed E-state index contributed by atoms with van der Waals surface area (Å²) in [5, 5.41) is 0. The molecule has 0 aliphatic rings. The molecule has 0 rings (SSSR count). The third-order valence-corrected chi connectivity index (χ3v) is 3.30. The Morgan fingerprint density at radius 3 is 2.40 bits per heavy atom. The van der Waals surface area contributed by atoms with E-state index in [1.807, 2.05) is 13.8 Å². The van der Waals surface area contributed by atoms with Gasteiger partial charge in [-0.1, -0.05) is 6.92 Å². The Balaban J connectivity index is 3.61. The highest BCUT2D eigenvalue weighted by atomic mass is 35.7. The van der Waals surface area contributed by atoms with Crippen LogP contribution in [0.3, 0.4) is 0 Å². The Morgan fingerprint density at radius 2 is 1.93 bits per heavy atom. The largest absolute Gasteiger partial charge is 0.380 e. The van der Waals surface area contributed by atoms with E-state index in [9.17, 15) is 8.42 Å². The van der Waals surface area contributed by atoms with Crippen molar-refractivity contribution >= 4 is 19.7 Å². The molecule has 0 amide bonds. The first kappa shape index (κ1) is 15.2. The molecule has 0 spiro atoms. The van der Waals surface area contributed by atoms with Crippen molar-refractivity contribution < 1.29 is 13.2 Å². The molecule has 0 heterocycles. The summed E-state index contributed by atoms with van der Waals surface area (Å²) in [6.45, 7) is 7.89. The number of rotatable bonds is 9. The van der Waals surface area contributed by atoms with E-state index in [1.165, 1.54) is 0 Å². The zero-order valence-electron chi connectivity index (χ0n) is 9.41. The average molecular weight is 258 g/mol. The van der Waals surface area contributed by atoms with Crippen LogP contribution in [-0.4, -0.2) is 51.9 Å². The predicted molar refractivity (Wildman–Crippen MR) is 62.9 cm³/mol. The Labute approximate surface area is 97.0 Å². The van der Waals surface area contributed by atoms with Gasteiger partial charge >= 0.3 is 0 Å². The SMILES string of the molecule is CCOCCN(CC)CCCS(=O)(=O)Cl. The van der Waals surface area contributed by atoms with Crippen LogP contribution < -0.4 is 0 Å². The lowest BCUT2D eigenvalue weighted by Crippen LogP contribution is -2.29. The summed E-state index contributed by atoms with van der Waals surface area (Å²) in [5.41, 5.74) is 0. The summed E-state index contributed by atoms with van der Waals surface area (Å²) < 4.78 is 26.6. The van der Waals surface area contributed by atoms with Gasteiger partial charge in [-0.2, -0.15) is 0 Å². The van der Waals surface area contributed by atoms with E-state index in [4.69, 9.17) is 15.4 Å². The van der Waals surface area contributed by atoms with E-state index in [-0.39, 0.29) is 5.75 Å². The monoisotopic (exact) mass is 257 g/mol. The zero-order valence-corrected chi connectivity index (χ0v) is 11.0. The molecule has 0 aliphatic carbocycles. The lowest BCUT2D eigenvalue weighted by molar-refractivity contribution is 0.115. The molecule has 0 fully saturated rings. The van der Waals surface area contributed by atoms with Crippen molar-refractivity contribution in [3.63, 3.8) is 0 Å². The van der Waals surface area contributed by atoms with Crippen LogP contribution in [0.5, 0.6) is 0 Å². The Hall–Kier alpha value is 0.160. The highest BCUT2D eigenvalue weighted by Gasteiger charge is 2.07. The van der Waals surface area contributed by atoms with Gasteiger partial charge in [0.05, 0.1) is 12.4 Å². The Bertz CT molecular complexity index is 244. The van der Waals surface area contributed by atoms with E-state index < -0.39 is 9.05 Å². The van der Waals surface area contributed by atoms with Crippen molar-refractivity contribution in [1.29, 1.82) is 0 Å². The van der Waals surface area contributed by atoms with E-state index in [2.05, 4.69) is 4.90 Å². The van der Waals surface area contributed by atoms with Crippen LogP contribution in [0.4, 0.5) is 0 Å². The van der Waals surface area contributed by atoms with Crippen molar-refractivity contribution in [2.24, 2.45) is 0 Å². The molecule has 0 saturated heterocycles. The van der Waals surface area contributed by atoms with Gasteiger partial charge < -0.3 is 9.64 Å². The first-order valence-electron chi connectivity index (χ1n) is 5.22. The fraction of sp³-hybridized carbons (Fsp3) is 1.00. The number of likely N-dealkylation sites (N-methyl/N-ethyl adjacent to an activating group) is 1. The van der Waals surface area contributed by atoms with E-state index >= 15 is 0 Å². The molecule has 6 heteroatoms. The maximum atomic E-state index is 10.7. The second-order valence-corrected chi connectivity index (χ2v) is 6.12. The molecule has 0 bridgehead atoms. The molecule has 0 saturated carbocycles. The molecule has 0 atom stereocenters. The third kappa shape index (κ3) is 10.4. The second-order valence-electron chi connectivity index (χ2n) is 3.23. The maximum Gasteiger partial charge on any atom is 0.232 e. The normalized spacial score (nSPS) is 12.3. The van der Waals surface area contributed by atoms with Crippen LogP contribution in [0.25, 0.3) is 0 Å². The molecule has 0 radical (unpaired) electrons. The zero-order chi connectivity index (χ0) is 11.7. The number of hydrogen-bond acceptors (Lipinski definition) is 4. The second kappa shape index (κ2) is 8.33. The van der Waals surface area contributed by atoms with Crippen LogP contribution in [0.2, 0.25) is 0 Å². The predicted octanol–water partition coefficient (Wildman–Crippen LogP) is 1.30. The molecule has 0 aromatic heterocycles. The highest BCUT2D eigenvalue weighted by Crippen LogP contribution is 2.00. The summed E-state index contributed by atoms with van der Waals surface area (Å²) in [5.74, 6) is 0.0414. The standard InChI is InChI=1S/C9H20ClNO3S/c1-3-11(7-8-14-4-2)6-5-9-15(10,12)13/h3-9H2,1-2H3. The van der Waals surface area contributed by atoms with Crippen LogP contribution in [-0.2, 0) is 13.8 Å². The molecule has 15 heavy (non-hydrogen) atoms. The van der Waals surface area contributed by atoms with Crippen molar-refractivity contribution in [1.82, 2.24) is 4.90 Å². The van der Waals surface area contributed by atoms with Crippen molar-refractivity contribution in [2.75, 3.05) is 38.6 Å². The fourth-order valence-corrected chi connectivity index (χ4v) is 2.03. The third-order valence-electron chi connectivity index (χ3n) is 2.07. The van der Waals surface area contributed by atoms with Crippen LogP contribution in [0.1, 0.15) is 20.3 Å². The van der Waals surface area contributed by atoms with Crippen LogP contribution in [0.15, 0.2) is 0 Å². The van der Waals surface area contributed by atoms with Gasteiger partial charge in [0.25, 0.3) is 0 Å². The smallest absolute Gasteiger partial charge is 0.232 e. The quantitative estimate of drug-likeness (QED) is 0.462. The molecular weight excluding hydrogens is 238 g/mol. The van der Waals surface area contributed by atoms with Gasteiger partial charge in [0, 0.05) is 23.8 Å². The Morgan fingerprint density at radius 1 is 1.27 bits per heavy atom. The average Bonchev–Trinajstić information content (AvgIpc) is 2.14. The van der Waals surface area contributed by atoms with E-state index in [1.54, 1.807) is 0 Å². The molecule has 0 N–H and O–H groups in total. The highest BCUT2D eigenvalue weighted by molar-refractivity contribution is 8.13. The summed E-state index contributed by atoms with van der Waals surface area (Å²) in [7, 11) is 1.78. The molecular formula is C9H20ClNO3S. The first-order chi connectivity index (χ1) is 6.99. The maximum absolute atomic E-state index is 10.7. The molecule has 0 aromatic rings. The van der Waals surface area contributed by atoms with Crippen LogP contribution >= 0.6 is 10.7 Å². The van der Waals surface area contributed by atoms with Gasteiger partial charge in [-0.3, -0.25) is 0 Å². The van der Waals surface area contributed by atoms with Gasteiger partial charge in [-0.25, -0.2) is 8.42 Å². The van der Waals surface area contributed by atoms with Gasteiger partial charge in [-0.05, 0) is 26.4 Å². The number of halogens is 1. The van der Waals surface area contributed by atoms with Crippen molar-refractivity contribution in [3.8, 4) is 0 Å². The first-order valence-corrected chi connectivity index (χ1v) is 7.70. The van der Waals surface area contributed by atoms with E-state index in [0.717, 1.165) is 19.6 Å². The number of ether oxygens (including phenoxy) is 1.